The van der Waals surface area contributed by atoms with E-state index >= 15 is 0 Å². The van der Waals surface area contributed by atoms with Crippen molar-refractivity contribution in [3.8, 4) is 0 Å². The molecule has 0 aliphatic heterocycles. The lowest BCUT2D eigenvalue weighted by Crippen LogP contribution is -2.59. The zero-order chi connectivity index (χ0) is 23.4. The molecule has 0 amide bonds. The van der Waals surface area contributed by atoms with Gasteiger partial charge in [0.05, 0.1) is 12.2 Å². The average Bonchev–Trinajstić information content (AvgIpc) is 3.07. The third kappa shape index (κ3) is 3.84. The van der Waals surface area contributed by atoms with Gasteiger partial charge in [0.2, 0.25) is 0 Å². The van der Waals surface area contributed by atoms with Gasteiger partial charge < -0.3 is 10.2 Å². The molecule has 3 nitrogen and oxygen atoms in total. The molecule has 0 aromatic heterocycles. The van der Waals surface area contributed by atoms with Gasteiger partial charge in [-0.25, -0.2) is 0 Å². The van der Waals surface area contributed by atoms with Crippen molar-refractivity contribution in [2.45, 2.75) is 105 Å². The lowest BCUT2D eigenvalue weighted by Gasteiger charge is -2.60. The second-order valence-electron chi connectivity index (χ2n) is 13.0. The van der Waals surface area contributed by atoms with Crippen LogP contribution in [0, 0.1) is 58.2 Å². The largest absolute Gasteiger partial charge is 0.390 e. The van der Waals surface area contributed by atoms with E-state index in [9.17, 15) is 15.0 Å². The van der Waals surface area contributed by atoms with E-state index in [4.69, 9.17) is 0 Å². The van der Waals surface area contributed by atoms with Crippen molar-refractivity contribution in [1.82, 2.24) is 0 Å². The lowest BCUT2D eigenvalue weighted by molar-refractivity contribution is -0.173. The van der Waals surface area contributed by atoms with Gasteiger partial charge in [0.1, 0.15) is 5.78 Å². The molecule has 0 heterocycles. The molecule has 0 aromatic carbocycles. The van der Waals surface area contributed by atoms with Crippen LogP contribution in [0.3, 0.4) is 0 Å². The van der Waals surface area contributed by atoms with E-state index in [1.54, 1.807) is 0 Å². The topological polar surface area (TPSA) is 57.5 Å². The Kier molecular flexibility index (Phi) is 6.75. The SMILES string of the molecule is CC[C@H](C=C[C@@H](C)[C@H]1CC[C@H]2[C@@H]3CC(=O)[C@H]4C[C@H](O)[C@H](O)C[C@]4(C)[C@H]3CC[C@]12C)C(C)C. The molecular weight excluding hydrogens is 396 g/mol. The molecule has 4 fully saturated rings. The summed E-state index contributed by atoms with van der Waals surface area (Å²) >= 11 is 0. The summed E-state index contributed by atoms with van der Waals surface area (Å²) in [6, 6.07) is 0. The van der Waals surface area contributed by atoms with Gasteiger partial charge in [-0.3, -0.25) is 4.79 Å². The molecule has 182 valence electrons. The molecule has 0 unspecified atom stereocenters. The second-order valence-corrected chi connectivity index (χ2v) is 13.0. The monoisotopic (exact) mass is 444 g/mol. The normalized spacial score (nSPS) is 48.4. The number of carbonyl (C=O) groups is 1. The lowest BCUT2D eigenvalue weighted by atomic mass is 9.44. The van der Waals surface area contributed by atoms with Crippen LogP contribution >= 0.6 is 0 Å². The number of fused-ring (bicyclic) bond motifs is 5. The van der Waals surface area contributed by atoms with Crippen molar-refractivity contribution < 1.29 is 15.0 Å². The van der Waals surface area contributed by atoms with Gasteiger partial charge in [-0.2, -0.15) is 0 Å². The van der Waals surface area contributed by atoms with Crippen LogP contribution < -0.4 is 0 Å². The fraction of sp³-hybridized carbons (Fsp3) is 0.897. The van der Waals surface area contributed by atoms with Crippen molar-refractivity contribution >= 4 is 5.78 Å². The zero-order valence-corrected chi connectivity index (χ0v) is 21.4. The Morgan fingerprint density at radius 2 is 1.69 bits per heavy atom. The molecule has 0 spiro atoms. The van der Waals surface area contributed by atoms with Crippen molar-refractivity contribution in [3.63, 3.8) is 0 Å². The highest BCUT2D eigenvalue weighted by molar-refractivity contribution is 5.83. The predicted molar refractivity (Wildman–Crippen MR) is 130 cm³/mol. The van der Waals surface area contributed by atoms with Crippen LogP contribution in [-0.2, 0) is 4.79 Å². The van der Waals surface area contributed by atoms with E-state index in [1.807, 2.05) is 0 Å². The third-order valence-corrected chi connectivity index (χ3v) is 11.2. The van der Waals surface area contributed by atoms with Gasteiger partial charge in [0.25, 0.3) is 0 Å². The van der Waals surface area contributed by atoms with Crippen LogP contribution in [0.1, 0.15) is 92.9 Å². The molecule has 11 atom stereocenters. The molecular formula is C29H48O3. The molecule has 4 rings (SSSR count). The van der Waals surface area contributed by atoms with Gasteiger partial charge in [-0.15, -0.1) is 0 Å². The van der Waals surface area contributed by atoms with Crippen LogP contribution in [0.25, 0.3) is 0 Å². The number of carbonyl (C=O) groups excluding carboxylic acids is 1. The van der Waals surface area contributed by atoms with E-state index in [0.717, 1.165) is 0 Å². The number of hydrogen-bond donors (Lipinski definition) is 2. The Labute approximate surface area is 196 Å². The molecule has 4 aliphatic rings. The molecule has 4 aliphatic carbocycles. The molecule has 0 bridgehead atoms. The number of hydrogen-bond acceptors (Lipinski definition) is 3. The van der Waals surface area contributed by atoms with Crippen LogP contribution in [0.4, 0.5) is 0 Å². The molecule has 0 saturated heterocycles. The molecule has 3 heteroatoms. The summed E-state index contributed by atoms with van der Waals surface area (Å²) in [6.45, 7) is 14.2. The maximum Gasteiger partial charge on any atom is 0.136 e. The highest BCUT2D eigenvalue weighted by Crippen LogP contribution is 2.67. The average molecular weight is 445 g/mol. The van der Waals surface area contributed by atoms with E-state index in [1.165, 1.54) is 32.1 Å². The number of ketones is 1. The predicted octanol–water partition coefficient (Wildman–Crippen LogP) is 6.03. The minimum absolute atomic E-state index is 0.0624. The summed E-state index contributed by atoms with van der Waals surface area (Å²) in [6.07, 6.45) is 11.5. The number of rotatable bonds is 5. The maximum absolute atomic E-state index is 13.3. The first-order chi connectivity index (χ1) is 15.0. The van der Waals surface area contributed by atoms with Crippen molar-refractivity contribution in [2.75, 3.05) is 0 Å². The molecule has 0 aromatic rings. The zero-order valence-electron chi connectivity index (χ0n) is 21.4. The van der Waals surface area contributed by atoms with Gasteiger partial charge in [0.15, 0.2) is 0 Å². The summed E-state index contributed by atoms with van der Waals surface area (Å²) < 4.78 is 0. The molecule has 2 N–H and O–H groups in total. The first kappa shape index (κ1) is 24.5. The fourth-order valence-corrected chi connectivity index (χ4v) is 9.26. The quantitative estimate of drug-likeness (QED) is 0.509. The van der Waals surface area contributed by atoms with Gasteiger partial charge in [0, 0.05) is 12.3 Å². The van der Waals surface area contributed by atoms with E-state index in [0.29, 0.717) is 71.9 Å². The molecule has 4 saturated carbocycles. The summed E-state index contributed by atoms with van der Waals surface area (Å²) in [4.78, 5) is 13.3. The Bertz CT molecular complexity index is 728. The Morgan fingerprint density at radius 1 is 1.00 bits per heavy atom. The van der Waals surface area contributed by atoms with Crippen molar-refractivity contribution in [1.29, 1.82) is 0 Å². The highest BCUT2D eigenvalue weighted by Gasteiger charge is 2.63. The van der Waals surface area contributed by atoms with E-state index in [-0.39, 0.29) is 11.3 Å². The van der Waals surface area contributed by atoms with Crippen LogP contribution in [0.15, 0.2) is 12.2 Å². The maximum atomic E-state index is 13.3. The fourth-order valence-electron chi connectivity index (χ4n) is 9.26. The summed E-state index contributed by atoms with van der Waals surface area (Å²) in [5.41, 5.74) is 0.177. The van der Waals surface area contributed by atoms with Gasteiger partial charge >= 0.3 is 0 Å². The van der Waals surface area contributed by atoms with Crippen molar-refractivity contribution in [3.05, 3.63) is 12.2 Å². The number of Topliss-reactive ketones (excluding diaryl/α,β-unsaturated/α-hetero) is 1. The number of allylic oxidation sites excluding steroid dienone is 2. The summed E-state index contributed by atoms with van der Waals surface area (Å²) in [5, 5.41) is 20.8. The number of aliphatic hydroxyl groups excluding tert-OH is 2. The third-order valence-electron chi connectivity index (χ3n) is 11.2. The Morgan fingerprint density at radius 3 is 2.34 bits per heavy atom. The first-order valence-corrected chi connectivity index (χ1v) is 13.6. The van der Waals surface area contributed by atoms with Crippen molar-refractivity contribution in [2.24, 2.45) is 58.2 Å². The van der Waals surface area contributed by atoms with Crippen LogP contribution in [-0.4, -0.2) is 28.2 Å². The smallest absolute Gasteiger partial charge is 0.136 e. The standard InChI is InChI=1S/C29H48O3/c1-7-19(17(2)3)9-8-18(4)21-10-11-22-20-14-25(30)24-15-26(31)27(32)16-29(24,6)23(20)12-13-28(21,22)5/h8-9,17-24,26-27,31-32H,7,10-16H2,1-6H3/t18-,19-,20+,21-,22+,23+,24-,26+,27-,28-,29-/m1/s1. The first-order valence-electron chi connectivity index (χ1n) is 13.6. The highest BCUT2D eigenvalue weighted by atomic mass is 16.3. The minimum atomic E-state index is -0.733. The molecule has 32 heavy (non-hydrogen) atoms. The minimum Gasteiger partial charge on any atom is -0.390 e. The summed E-state index contributed by atoms with van der Waals surface area (Å²) in [7, 11) is 0. The van der Waals surface area contributed by atoms with Crippen LogP contribution in [0.5, 0.6) is 0 Å². The Balaban J connectivity index is 1.55. The Hall–Kier alpha value is -0.670. The van der Waals surface area contributed by atoms with E-state index < -0.39 is 12.2 Å². The van der Waals surface area contributed by atoms with Crippen LogP contribution in [0.2, 0.25) is 0 Å². The van der Waals surface area contributed by atoms with Gasteiger partial charge in [-0.1, -0.05) is 53.7 Å². The van der Waals surface area contributed by atoms with E-state index in [2.05, 4.69) is 53.7 Å². The summed E-state index contributed by atoms with van der Waals surface area (Å²) in [5.74, 6) is 4.55. The second kappa shape index (κ2) is 8.84. The van der Waals surface area contributed by atoms with Gasteiger partial charge in [-0.05, 0) is 97.2 Å². The molecule has 0 radical (unpaired) electrons. The number of aliphatic hydroxyl groups is 2.